The van der Waals surface area contributed by atoms with Crippen LogP contribution in [0.2, 0.25) is 0 Å². The molecule has 3 rings (SSSR count). The maximum atomic E-state index is 12.8. The number of rotatable bonds is 4. The number of ether oxygens (including phenoxy) is 2. The lowest BCUT2D eigenvalue weighted by molar-refractivity contribution is -0.124. The average molecular weight is 346 g/mol. The fourth-order valence-electron chi connectivity index (χ4n) is 3.30. The molecule has 5 nitrogen and oxygen atoms in total. The van der Waals surface area contributed by atoms with Crippen LogP contribution in [0, 0.1) is 0 Å². The molecule has 128 valence electrons. The van der Waals surface area contributed by atoms with E-state index in [4.69, 9.17) is 21.7 Å². The van der Waals surface area contributed by atoms with E-state index in [2.05, 4.69) is 5.32 Å². The molecule has 1 aromatic rings. The van der Waals surface area contributed by atoms with Gasteiger partial charge in [-0.3, -0.25) is 9.69 Å². The number of methoxy groups -OCH3 is 2. The summed E-state index contributed by atoms with van der Waals surface area (Å²) in [5.41, 5.74) is 1.33. The highest BCUT2D eigenvalue weighted by Crippen LogP contribution is 2.28. The van der Waals surface area contributed by atoms with Crippen molar-refractivity contribution in [3.05, 3.63) is 29.5 Å². The van der Waals surface area contributed by atoms with Crippen LogP contribution in [0.3, 0.4) is 0 Å². The largest absolute Gasteiger partial charge is 0.497 e. The van der Waals surface area contributed by atoms with Gasteiger partial charge in [-0.1, -0.05) is 19.3 Å². The normalized spacial score (nSPS) is 20.4. The lowest BCUT2D eigenvalue weighted by atomic mass is 9.94. The van der Waals surface area contributed by atoms with Crippen LogP contribution in [0.1, 0.15) is 37.7 Å². The van der Waals surface area contributed by atoms with Gasteiger partial charge in [-0.2, -0.15) is 0 Å². The summed E-state index contributed by atoms with van der Waals surface area (Å²) in [4.78, 5) is 14.5. The minimum absolute atomic E-state index is 0.0475. The van der Waals surface area contributed by atoms with Gasteiger partial charge in [-0.05, 0) is 48.8 Å². The van der Waals surface area contributed by atoms with Crippen molar-refractivity contribution in [3.63, 3.8) is 0 Å². The van der Waals surface area contributed by atoms with E-state index in [-0.39, 0.29) is 11.9 Å². The van der Waals surface area contributed by atoms with E-state index < -0.39 is 0 Å². The number of carbonyl (C=O) groups is 1. The zero-order valence-corrected chi connectivity index (χ0v) is 14.8. The predicted molar refractivity (Wildman–Crippen MR) is 97.0 cm³/mol. The summed E-state index contributed by atoms with van der Waals surface area (Å²) in [6.45, 7) is 0. The second kappa shape index (κ2) is 7.21. The molecule has 0 bridgehead atoms. The zero-order valence-electron chi connectivity index (χ0n) is 14.0. The smallest absolute Gasteiger partial charge is 0.276 e. The quantitative estimate of drug-likeness (QED) is 0.671. The van der Waals surface area contributed by atoms with Crippen LogP contribution >= 0.6 is 12.2 Å². The first-order valence-corrected chi connectivity index (χ1v) is 8.62. The van der Waals surface area contributed by atoms with Gasteiger partial charge in [0.25, 0.3) is 5.91 Å². The highest BCUT2D eigenvalue weighted by molar-refractivity contribution is 7.80. The molecular formula is C18H22N2O3S. The third kappa shape index (κ3) is 3.38. The van der Waals surface area contributed by atoms with Gasteiger partial charge in [-0.25, -0.2) is 0 Å². The van der Waals surface area contributed by atoms with E-state index in [0.717, 1.165) is 31.2 Å². The molecule has 1 amide bonds. The van der Waals surface area contributed by atoms with Crippen LogP contribution < -0.4 is 14.8 Å². The van der Waals surface area contributed by atoms with Crippen molar-refractivity contribution in [2.45, 2.75) is 38.1 Å². The van der Waals surface area contributed by atoms with Crippen molar-refractivity contribution in [2.24, 2.45) is 0 Å². The molecule has 2 fully saturated rings. The van der Waals surface area contributed by atoms with Crippen LogP contribution in [-0.4, -0.2) is 36.2 Å². The second-order valence-electron chi connectivity index (χ2n) is 6.10. The van der Waals surface area contributed by atoms with E-state index in [0.29, 0.717) is 22.3 Å². The van der Waals surface area contributed by atoms with E-state index in [9.17, 15) is 4.79 Å². The summed E-state index contributed by atoms with van der Waals surface area (Å²) >= 11 is 5.39. The molecule has 0 radical (unpaired) electrons. The van der Waals surface area contributed by atoms with Crippen LogP contribution in [0.25, 0.3) is 6.08 Å². The Hall–Kier alpha value is -2.08. The summed E-state index contributed by atoms with van der Waals surface area (Å²) in [6, 6.07) is 5.73. The SMILES string of the molecule is COc1cc(/C=C2\NC(=S)N(C3CCCCC3)C2=O)cc(OC)c1. The van der Waals surface area contributed by atoms with Crippen molar-refractivity contribution in [1.82, 2.24) is 10.2 Å². The monoisotopic (exact) mass is 346 g/mol. The summed E-state index contributed by atoms with van der Waals surface area (Å²) in [7, 11) is 3.20. The highest BCUT2D eigenvalue weighted by Gasteiger charge is 2.36. The topological polar surface area (TPSA) is 50.8 Å². The maximum absolute atomic E-state index is 12.8. The summed E-state index contributed by atoms with van der Waals surface area (Å²) in [6.07, 6.45) is 7.39. The van der Waals surface area contributed by atoms with Gasteiger partial charge >= 0.3 is 0 Å². The van der Waals surface area contributed by atoms with Crippen molar-refractivity contribution >= 4 is 29.3 Å². The van der Waals surface area contributed by atoms with Crippen molar-refractivity contribution in [3.8, 4) is 11.5 Å². The minimum atomic E-state index is -0.0475. The molecule has 1 aromatic carbocycles. The van der Waals surface area contributed by atoms with E-state index in [1.807, 2.05) is 12.1 Å². The van der Waals surface area contributed by atoms with Gasteiger partial charge < -0.3 is 14.8 Å². The number of nitrogens with one attached hydrogen (secondary N) is 1. The van der Waals surface area contributed by atoms with E-state index in [1.54, 1.807) is 31.3 Å². The first-order chi connectivity index (χ1) is 11.6. The summed E-state index contributed by atoms with van der Waals surface area (Å²) < 4.78 is 10.6. The molecule has 1 saturated carbocycles. The van der Waals surface area contributed by atoms with Gasteiger partial charge in [0.2, 0.25) is 0 Å². The lowest BCUT2D eigenvalue weighted by Crippen LogP contribution is -2.41. The first kappa shape index (κ1) is 16.8. The summed E-state index contributed by atoms with van der Waals surface area (Å²) in [5, 5.41) is 3.57. The lowest BCUT2D eigenvalue weighted by Gasteiger charge is -2.29. The zero-order chi connectivity index (χ0) is 17.1. The fourth-order valence-corrected chi connectivity index (χ4v) is 3.64. The molecule has 1 aliphatic carbocycles. The Morgan fingerprint density at radius 3 is 2.33 bits per heavy atom. The van der Waals surface area contributed by atoms with Gasteiger partial charge in [0.05, 0.1) is 14.2 Å². The van der Waals surface area contributed by atoms with Crippen LogP contribution in [0.4, 0.5) is 0 Å². The predicted octanol–water partition coefficient (Wildman–Crippen LogP) is 3.09. The molecule has 0 aromatic heterocycles. The highest BCUT2D eigenvalue weighted by atomic mass is 32.1. The molecular weight excluding hydrogens is 324 g/mol. The van der Waals surface area contributed by atoms with Crippen LogP contribution in [0.5, 0.6) is 11.5 Å². The number of nitrogens with zero attached hydrogens (tertiary/aromatic N) is 1. The van der Waals surface area contributed by atoms with Crippen molar-refractivity contribution < 1.29 is 14.3 Å². The third-order valence-corrected chi connectivity index (χ3v) is 4.83. The molecule has 1 aliphatic heterocycles. The first-order valence-electron chi connectivity index (χ1n) is 8.21. The number of carbonyl (C=O) groups excluding carboxylic acids is 1. The third-order valence-electron chi connectivity index (χ3n) is 4.53. The van der Waals surface area contributed by atoms with E-state index >= 15 is 0 Å². The number of benzene rings is 1. The Morgan fingerprint density at radius 1 is 1.12 bits per heavy atom. The van der Waals surface area contributed by atoms with Gasteiger partial charge in [0.15, 0.2) is 5.11 Å². The Kier molecular flexibility index (Phi) is 5.04. The maximum Gasteiger partial charge on any atom is 0.276 e. The Balaban J connectivity index is 1.86. The molecule has 1 N–H and O–H groups in total. The number of amides is 1. The molecule has 0 spiro atoms. The Bertz CT molecular complexity index is 659. The molecule has 24 heavy (non-hydrogen) atoms. The molecule has 2 aliphatic rings. The molecule has 0 atom stereocenters. The van der Waals surface area contributed by atoms with E-state index in [1.165, 1.54) is 6.42 Å². The second-order valence-corrected chi connectivity index (χ2v) is 6.49. The molecule has 1 saturated heterocycles. The molecule has 1 heterocycles. The van der Waals surface area contributed by atoms with Crippen LogP contribution in [0.15, 0.2) is 23.9 Å². The molecule has 0 unspecified atom stereocenters. The minimum Gasteiger partial charge on any atom is -0.497 e. The summed E-state index contributed by atoms with van der Waals surface area (Å²) in [5.74, 6) is 1.31. The Morgan fingerprint density at radius 2 is 1.75 bits per heavy atom. The van der Waals surface area contributed by atoms with Crippen molar-refractivity contribution in [1.29, 1.82) is 0 Å². The number of thiocarbonyl (C=S) groups is 1. The standard InChI is InChI=1S/C18H22N2O3S/c1-22-14-8-12(9-15(11-14)23-2)10-16-17(21)20(18(24)19-16)13-6-4-3-5-7-13/h8-11,13H,3-7H2,1-2H3,(H,19,24)/b16-10-. The van der Waals surface area contributed by atoms with Gasteiger partial charge in [-0.15, -0.1) is 0 Å². The van der Waals surface area contributed by atoms with Gasteiger partial charge in [0, 0.05) is 12.1 Å². The molecule has 6 heteroatoms. The van der Waals surface area contributed by atoms with Crippen LogP contribution in [-0.2, 0) is 4.79 Å². The average Bonchev–Trinajstić information content (AvgIpc) is 2.88. The fraction of sp³-hybridized carbons (Fsp3) is 0.444. The Labute approximate surface area is 147 Å². The van der Waals surface area contributed by atoms with Crippen molar-refractivity contribution in [2.75, 3.05) is 14.2 Å². The number of hydrogen-bond donors (Lipinski definition) is 1. The van der Waals surface area contributed by atoms with Gasteiger partial charge in [0.1, 0.15) is 17.2 Å². The number of hydrogen-bond acceptors (Lipinski definition) is 4.